The highest BCUT2D eigenvalue weighted by molar-refractivity contribution is 7.80. The average molecular weight is 420 g/mol. The molecule has 0 aliphatic heterocycles. The maximum absolute atomic E-state index is 12.5. The molecule has 0 atom stereocenters. The first-order chi connectivity index (χ1) is 13.5. The molecule has 3 N–H and O–H groups in total. The number of carbonyl (C=O) groups is 2. The summed E-state index contributed by atoms with van der Waals surface area (Å²) in [5.74, 6) is -0.420. The highest BCUT2D eigenvalue weighted by Gasteiger charge is 2.14. The lowest BCUT2D eigenvalue weighted by Crippen LogP contribution is -2.48. The summed E-state index contributed by atoms with van der Waals surface area (Å²) in [6.45, 7) is 2.65. The number of unbranched alkanes of at least 4 members (excludes halogenated alkanes) is 2. The largest absolute Gasteiger partial charge is 0.493 e. The van der Waals surface area contributed by atoms with Crippen LogP contribution in [-0.2, 0) is 0 Å². The minimum absolute atomic E-state index is 0.0498. The summed E-state index contributed by atoms with van der Waals surface area (Å²) in [6, 6.07) is 13.5. The summed E-state index contributed by atoms with van der Waals surface area (Å²) in [5, 5.41) is 2.77. The topological polar surface area (TPSA) is 79.5 Å². The van der Waals surface area contributed by atoms with Gasteiger partial charge in [-0.1, -0.05) is 55.6 Å². The fourth-order valence-corrected chi connectivity index (χ4v) is 2.71. The van der Waals surface area contributed by atoms with Crippen LogP contribution in [0.3, 0.4) is 0 Å². The summed E-state index contributed by atoms with van der Waals surface area (Å²) in [4.78, 5) is 24.6. The molecular formula is C20H22ClN3O3S. The predicted molar refractivity (Wildman–Crippen MR) is 114 cm³/mol. The SMILES string of the molecule is CCCCCOc1ccccc1C(=O)NC(=S)NNC(=O)c1ccccc1Cl. The lowest BCUT2D eigenvalue weighted by atomic mass is 10.2. The van der Waals surface area contributed by atoms with Gasteiger partial charge in [0.2, 0.25) is 0 Å². The van der Waals surface area contributed by atoms with Crippen molar-refractivity contribution in [3.05, 3.63) is 64.7 Å². The molecule has 6 nitrogen and oxygen atoms in total. The van der Waals surface area contributed by atoms with Crippen LogP contribution in [0, 0.1) is 0 Å². The number of hydrogen-bond acceptors (Lipinski definition) is 4. The van der Waals surface area contributed by atoms with Gasteiger partial charge in [0.1, 0.15) is 5.75 Å². The van der Waals surface area contributed by atoms with Crippen LogP contribution in [0.25, 0.3) is 0 Å². The zero-order chi connectivity index (χ0) is 20.4. The molecule has 0 aliphatic rings. The van der Waals surface area contributed by atoms with E-state index in [1.807, 2.05) is 0 Å². The molecular weight excluding hydrogens is 398 g/mol. The van der Waals surface area contributed by atoms with Crippen LogP contribution in [-0.4, -0.2) is 23.5 Å². The Labute approximate surface area is 174 Å². The van der Waals surface area contributed by atoms with E-state index in [0.29, 0.717) is 22.9 Å². The standard InChI is InChI=1S/C20H22ClN3O3S/c1-2-3-8-13-27-17-12-7-5-10-15(17)18(25)22-20(28)24-23-19(26)14-9-4-6-11-16(14)21/h4-7,9-12H,2-3,8,13H2,1H3,(H,23,26)(H2,22,24,25,28). The molecule has 2 aromatic carbocycles. The maximum Gasteiger partial charge on any atom is 0.271 e. The van der Waals surface area contributed by atoms with Gasteiger partial charge in [-0.15, -0.1) is 0 Å². The summed E-state index contributed by atoms with van der Waals surface area (Å²) < 4.78 is 5.70. The Morgan fingerprint density at radius 1 is 0.964 bits per heavy atom. The van der Waals surface area contributed by atoms with Crippen molar-refractivity contribution >= 4 is 40.7 Å². The fourth-order valence-electron chi connectivity index (χ4n) is 2.34. The van der Waals surface area contributed by atoms with E-state index < -0.39 is 11.8 Å². The van der Waals surface area contributed by atoms with Crippen LogP contribution in [0.5, 0.6) is 5.75 Å². The summed E-state index contributed by atoms with van der Waals surface area (Å²) >= 11 is 11.0. The summed E-state index contributed by atoms with van der Waals surface area (Å²) in [7, 11) is 0. The Morgan fingerprint density at radius 2 is 1.64 bits per heavy atom. The van der Waals surface area contributed by atoms with E-state index in [9.17, 15) is 9.59 Å². The first-order valence-corrected chi connectivity index (χ1v) is 9.69. The molecule has 0 radical (unpaired) electrons. The molecule has 2 rings (SSSR count). The van der Waals surface area contributed by atoms with Crippen LogP contribution >= 0.6 is 23.8 Å². The first-order valence-electron chi connectivity index (χ1n) is 8.91. The number of para-hydroxylation sites is 1. The first kappa shape index (κ1) is 21.7. The quantitative estimate of drug-likeness (QED) is 0.361. The Morgan fingerprint density at radius 3 is 2.36 bits per heavy atom. The molecule has 0 spiro atoms. The van der Waals surface area contributed by atoms with Gasteiger partial charge in [0.15, 0.2) is 5.11 Å². The average Bonchev–Trinajstić information content (AvgIpc) is 2.70. The number of halogens is 1. The Balaban J connectivity index is 1.89. The fraction of sp³-hybridized carbons (Fsp3) is 0.250. The van der Waals surface area contributed by atoms with Gasteiger partial charge in [0.05, 0.1) is 22.8 Å². The van der Waals surface area contributed by atoms with Gasteiger partial charge in [0, 0.05) is 0 Å². The second-order valence-electron chi connectivity index (χ2n) is 5.89. The maximum atomic E-state index is 12.5. The van der Waals surface area contributed by atoms with E-state index in [0.717, 1.165) is 19.3 Å². The highest BCUT2D eigenvalue weighted by Crippen LogP contribution is 2.18. The van der Waals surface area contributed by atoms with Crippen LogP contribution in [0.1, 0.15) is 46.9 Å². The van der Waals surface area contributed by atoms with Gasteiger partial charge in [0.25, 0.3) is 11.8 Å². The van der Waals surface area contributed by atoms with Crippen molar-refractivity contribution in [2.75, 3.05) is 6.61 Å². The van der Waals surface area contributed by atoms with E-state index in [-0.39, 0.29) is 10.7 Å². The Kier molecular flexibility index (Phi) is 8.71. The minimum Gasteiger partial charge on any atom is -0.493 e. The lowest BCUT2D eigenvalue weighted by molar-refractivity contribution is 0.0933. The van der Waals surface area contributed by atoms with E-state index in [1.54, 1.807) is 48.5 Å². The molecule has 28 heavy (non-hydrogen) atoms. The van der Waals surface area contributed by atoms with Gasteiger partial charge in [-0.3, -0.25) is 25.8 Å². The zero-order valence-electron chi connectivity index (χ0n) is 15.5. The Hall–Kier alpha value is -2.64. The molecule has 148 valence electrons. The Bertz CT molecular complexity index is 845. The van der Waals surface area contributed by atoms with Gasteiger partial charge in [-0.05, 0) is 42.9 Å². The van der Waals surface area contributed by atoms with Crippen LogP contribution in [0.4, 0.5) is 0 Å². The number of hydrogen-bond donors (Lipinski definition) is 3. The lowest BCUT2D eigenvalue weighted by Gasteiger charge is -2.13. The van der Waals surface area contributed by atoms with Gasteiger partial charge >= 0.3 is 0 Å². The monoisotopic (exact) mass is 419 g/mol. The third kappa shape index (κ3) is 6.51. The second kappa shape index (κ2) is 11.3. The van der Waals surface area contributed by atoms with Gasteiger partial charge in [-0.25, -0.2) is 0 Å². The third-order valence-corrected chi connectivity index (χ3v) is 4.31. The molecule has 0 bridgehead atoms. The predicted octanol–water partition coefficient (Wildman–Crippen LogP) is 3.86. The van der Waals surface area contributed by atoms with Gasteiger partial charge < -0.3 is 4.74 Å². The second-order valence-corrected chi connectivity index (χ2v) is 6.71. The summed E-state index contributed by atoms with van der Waals surface area (Å²) in [6.07, 6.45) is 3.07. The molecule has 0 heterocycles. The van der Waals surface area contributed by atoms with E-state index in [2.05, 4.69) is 23.1 Å². The van der Waals surface area contributed by atoms with Crippen LogP contribution in [0.2, 0.25) is 5.02 Å². The molecule has 8 heteroatoms. The van der Waals surface area contributed by atoms with E-state index in [4.69, 9.17) is 28.6 Å². The molecule has 0 saturated carbocycles. The van der Waals surface area contributed by atoms with Crippen molar-refractivity contribution in [3.8, 4) is 5.75 Å². The number of rotatable bonds is 7. The molecule has 0 unspecified atom stereocenters. The molecule has 0 aliphatic carbocycles. The normalized spacial score (nSPS) is 10.1. The molecule has 2 amide bonds. The number of ether oxygens (including phenoxy) is 1. The van der Waals surface area contributed by atoms with E-state index >= 15 is 0 Å². The molecule has 2 aromatic rings. The highest BCUT2D eigenvalue weighted by atomic mass is 35.5. The van der Waals surface area contributed by atoms with Crippen molar-refractivity contribution in [2.45, 2.75) is 26.2 Å². The molecule has 0 saturated heterocycles. The van der Waals surface area contributed by atoms with Crippen LogP contribution < -0.4 is 20.9 Å². The van der Waals surface area contributed by atoms with Crippen molar-refractivity contribution < 1.29 is 14.3 Å². The number of benzene rings is 2. The molecule has 0 aromatic heterocycles. The van der Waals surface area contributed by atoms with Crippen LogP contribution in [0.15, 0.2) is 48.5 Å². The van der Waals surface area contributed by atoms with E-state index in [1.165, 1.54) is 0 Å². The molecule has 0 fully saturated rings. The van der Waals surface area contributed by atoms with Crippen molar-refractivity contribution in [2.24, 2.45) is 0 Å². The van der Waals surface area contributed by atoms with Crippen molar-refractivity contribution in [1.82, 2.24) is 16.2 Å². The van der Waals surface area contributed by atoms with Crippen molar-refractivity contribution in [3.63, 3.8) is 0 Å². The minimum atomic E-state index is -0.471. The van der Waals surface area contributed by atoms with Gasteiger partial charge in [-0.2, -0.15) is 0 Å². The number of hydrazine groups is 1. The smallest absolute Gasteiger partial charge is 0.271 e. The number of nitrogens with one attached hydrogen (secondary N) is 3. The number of thiocarbonyl (C=S) groups is 1. The number of carbonyl (C=O) groups excluding carboxylic acids is 2. The third-order valence-electron chi connectivity index (χ3n) is 3.77. The summed E-state index contributed by atoms with van der Waals surface area (Å²) in [5.41, 5.74) is 5.54. The zero-order valence-corrected chi connectivity index (χ0v) is 17.0. The van der Waals surface area contributed by atoms with Crippen molar-refractivity contribution in [1.29, 1.82) is 0 Å². The number of amides is 2.